The molecule has 0 aliphatic heterocycles. The van der Waals surface area contributed by atoms with Crippen LogP contribution in [-0.4, -0.2) is 15.1 Å². The summed E-state index contributed by atoms with van der Waals surface area (Å²) in [6.45, 7) is 4.07. The first-order valence-corrected chi connectivity index (χ1v) is 6.18. The Kier molecular flexibility index (Phi) is 3.76. The first kappa shape index (κ1) is 12.1. The van der Waals surface area contributed by atoms with Crippen molar-refractivity contribution in [2.75, 3.05) is 0 Å². The Morgan fingerprint density at radius 2 is 2.00 bits per heavy atom. The maximum atomic E-state index is 8.93. The molecule has 1 N–H and O–H groups in total. The molecule has 2 aromatic rings. The molecule has 0 bridgehead atoms. The van der Waals surface area contributed by atoms with Gasteiger partial charge in [0.15, 0.2) is 0 Å². The Balaban J connectivity index is 2.19. The van der Waals surface area contributed by atoms with Crippen LogP contribution in [0.1, 0.15) is 16.8 Å². The van der Waals surface area contributed by atoms with Gasteiger partial charge in [-0.25, -0.2) is 9.97 Å². The summed E-state index contributed by atoms with van der Waals surface area (Å²) in [5.74, 6) is 0. The molecule has 0 spiro atoms. The predicted octanol–water partition coefficient (Wildman–Crippen LogP) is 2.74. The van der Waals surface area contributed by atoms with E-state index in [2.05, 4.69) is 16.9 Å². The molecule has 0 amide bonds. The Morgan fingerprint density at radius 3 is 2.59 bits per heavy atom. The number of aromatic nitrogens is 2. The summed E-state index contributed by atoms with van der Waals surface area (Å²) in [5.41, 5.74) is 3.04. The Hall–Kier alpha value is -1.39. The first-order valence-electron chi connectivity index (χ1n) is 5.36. The third kappa shape index (κ3) is 3.28. The van der Waals surface area contributed by atoms with E-state index in [1.807, 2.05) is 31.2 Å². The minimum Gasteiger partial charge on any atom is -0.392 e. The maximum Gasteiger partial charge on any atom is 0.103 e. The standard InChI is InChI=1S/C13H14N2OS/c1-9-5-10(2)15-13(6-9)17-12-4-3-11(8-16)7-14-12/h3-7,16H,8H2,1-2H3. The second kappa shape index (κ2) is 5.29. The first-order chi connectivity index (χ1) is 8.17. The number of aryl methyl sites for hydroxylation is 2. The summed E-state index contributed by atoms with van der Waals surface area (Å²) in [7, 11) is 0. The van der Waals surface area contributed by atoms with Crippen molar-refractivity contribution in [3.63, 3.8) is 0 Å². The minimum atomic E-state index is 0.0275. The lowest BCUT2D eigenvalue weighted by atomic mass is 10.3. The quantitative estimate of drug-likeness (QED) is 0.904. The van der Waals surface area contributed by atoms with Crippen LogP contribution in [0.5, 0.6) is 0 Å². The van der Waals surface area contributed by atoms with Crippen molar-refractivity contribution in [1.29, 1.82) is 0 Å². The van der Waals surface area contributed by atoms with Crippen molar-refractivity contribution >= 4 is 11.8 Å². The lowest BCUT2D eigenvalue weighted by Gasteiger charge is -2.03. The third-order valence-electron chi connectivity index (χ3n) is 2.26. The SMILES string of the molecule is Cc1cc(C)nc(Sc2ccc(CO)cn2)c1. The van der Waals surface area contributed by atoms with E-state index in [1.165, 1.54) is 17.3 Å². The van der Waals surface area contributed by atoms with Gasteiger partial charge in [0.2, 0.25) is 0 Å². The fourth-order valence-electron chi connectivity index (χ4n) is 1.53. The van der Waals surface area contributed by atoms with Gasteiger partial charge in [-0.2, -0.15) is 0 Å². The molecule has 88 valence electrons. The second-order valence-electron chi connectivity index (χ2n) is 3.89. The van der Waals surface area contributed by atoms with Crippen molar-refractivity contribution in [2.24, 2.45) is 0 Å². The molecule has 4 heteroatoms. The molecule has 0 saturated heterocycles. The van der Waals surface area contributed by atoms with Crippen LogP contribution in [-0.2, 0) is 6.61 Å². The van der Waals surface area contributed by atoms with Crippen LogP contribution in [0, 0.1) is 13.8 Å². The van der Waals surface area contributed by atoms with E-state index in [0.717, 1.165) is 21.3 Å². The van der Waals surface area contributed by atoms with E-state index in [1.54, 1.807) is 6.20 Å². The molecule has 0 atom stereocenters. The maximum absolute atomic E-state index is 8.93. The summed E-state index contributed by atoms with van der Waals surface area (Å²) in [5, 5.41) is 10.8. The topological polar surface area (TPSA) is 46.0 Å². The summed E-state index contributed by atoms with van der Waals surface area (Å²) < 4.78 is 0. The molecule has 2 aromatic heterocycles. The molecule has 3 nitrogen and oxygen atoms in total. The lowest BCUT2D eigenvalue weighted by Crippen LogP contribution is -1.89. The Labute approximate surface area is 105 Å². The normalized spacial score (nSPS) is 10.5. The van der Waals surface area contributed by atoms with Crippen molar-refractivity contribution in [2.45, 2.75) is 30.5 Å². The summed E-state index contributed by atoms with van der Waals surface area (Å²) in [4.78, 5) is 8.71. The monoisotopic (exact) mass is 246 g/mol. The number of hydrogen-bond acceptors (Lipinski definition) is 4. The largest absolute Gasteiger partial charge is 0.392 e. The van der Waals surface area contributed by atoms with Gasteiger partial charge in [0.05, 0.1) is 6.61 Å². The van der Waals surface area contributed by atoms with Gasteiger partial charge in [0.1, 0.15) is 10.1 Å². The average molecular weight is 246 g/mol. The molecule has 0 aliphatic rings. The molecule has 0 radical (unpaired) electrons. The molecular formula is C13H14N2OS. The molecule has 2 rings (SSSR count). The summed E-state index contributed by atoms with van der Waals surface area (Å²) >= 11 is 1.53. The van der Waals surface area contributed by atoms with Gasteiger partial charge >= 0.3 is 0 Å². The van der Waals surface area contributed by atoms with E-state index < -0.39 is 0 Å². The average Bonchev–Trinajstić information content (AvgIpc) is 2.28. The number of pyridine rings is 2. The van der Waals surface area contributed by atoms with Gasteiger partial charge in [-0.05, 0) is 43.2 Å². The molecule has 0 aromatic carbocycles. The van der Waals surface area contributed by atoms with Crippen molar-refractivity contribution < 1.29 is 5.11 Å². The number of nitrogens with zero attached hydrogens (tertiary/aromatic N) is 2. The predicted molar refractivity (Wildman–Crippen MR) is 68.0 cm³/mol. The highest BCUT2D eigenvalue weighted by Gasteiger charge is 2.02. The molecule has 0 fully saturated rings. The van der Waals surface area contributed by atoms with Gasteiger partial charge in [0.25, 0.3) is 0 Å². The lowest BCUT2D eigenvalue weighted by molar-refractivity contribution is 0.281. The smallest absolute Gasteiger partial charge is 0.103 e. The van der Waals surface area contributed by atoms with Crippen LogP contribution >= 0.6 is 11.8 Å². The minimum absolute atomic E-state index is 0.0275. The van der Waals surface area contributed by atoms with Gasteiger partial charge in [0, 0.05) is 11.9 Å². The Morgan fingerprint density at radius 1 is 1.18 bits per heavy atom. The van der Waals surface area contributed by atoms with Crippen molar-refractivity contribution in [3.8, 4) is 0 Å². The van der Waals surface area contributed by atoms with Crippen LogP contribution in [0.4, 0.5) is 0 Å². The molecule has 0 aliphatic carbocycles. The summed E-state index contributed by atoms with van der Waals surface area (Å²) in [6, 6.07) is 7.86. The third-order valence-corrected chi connectivity index (χ3v) is 3.13. The fourth-order valence-corrected chi connectivity index (χ4v) is 2.42. The van der Waals surface area contributed by atoms with Crippen molar-refractivity contribution in [3.05, 3.63) is 47.3 Å². The molecule has 0 unspecified atom stereocenters. The van der Waals surface area contributed by atoms with E-state index in [0.29, 0.717) is 0 Å². The van der Waals surface area contributed by atoms with E-state index in [-0.39, 0.29) is 6.61 Å². The van der Waals surface area contributed by atoms with Gasteiger partial charge in [-0.3, -0.25) is 0 Å². The highest BCUT2D eigenvalue weighted by Crippen LogP contribution is 2.25. The van der Waals surface area contributed by atoms with Crippen LogP contribution in [0.2, 0.25) is 0 Å². The fraction of sp³-hybridized carbons (Fsp3) is 0.231. The molecule has 17 heavy (non-hydrogen) atoms. The van der Waals surface area contributed by atoms with Crippen molar-refractivity contribution in [1.82, 2.24) is 9.97 Å². The van der Waals surface area contributed by atoms with Crippen LogP contribution in [0.25, 0.3) is 0 Å². The zero-order valence-electron chi connectivity index (χ0n) is 9.84. The van der Waals surface area contributed by atoms with Crippen LogP contribution in [0.3, 0.4) is 0 Å². The van der Waals surface area contributed by atoms with E-state index >= 15 is 0 Å². The van der Waals surface area contributed by atoms with Gasteiger partial charge < -0.3 is 5.11 Å². The molecular weight excluding hydrogens is 232 g/mol. The van der Waals surface area contributed by atoms with E-state index in [4.69, 9.17) is 5.11 Å². The number of hydrogen-bond donors (Lipinski definition) is 1. The summed E-state index contributed by atoms with van der Waals surface area (Å²) in [6.07, 6.45) is 1.69. The highest BCUT2D eigenvalue weighted by molar-refractivity contribution is 7.99. The van der Waals surface area contributed by atoms with Gasteiger partial charge in [-0.15, -0.1) is 0 Å². The molecule has 2 heterocycles. The number of aliphatic hydroxyl groups is 1. The number of aliphatic hydroxyl groups excluding tert-OH is 1. The Bertz CT molecular complexity index is 491. The molecule has 0 saturated carbocycles. The van der Waals surface area contributed by atoms with Crippen LogP contribution < -0.4 is 0 Å². The van der Waals surface area contributed by atoms with E-state index in [9.17, 15) is 0 Å². The van der Waals surface area contributed by atoms with Gasteiger partial charge in [-0.1, -0.05) is 17.8 Å². The zero-order chi connectivity index (χ0) is 12.3. The second-order valence-corrected chi connectivity index (χ2v) is 4.93. The van der Waals surface area contributed by atoms with Crippen LogP contribution in [0.15, 0.2) is 40.5 Å². The highest BCUT2D eigenvalue weighted by atomic mass is 32.2. The zero-order valence-corrected chi connectivity index (χ0v) is 10.7. The number of rotatable bonds is 3.